The lowest BCUT2D eigenvalue weighted by Gasteiger charge is -2.08. The Labute approximate surface area is 150 Å². The molecule has 0 spiro atoms. The van der Waals surface area contributed by atoms with Gasteiger partial charge in [-0.3, -0.25) is 14.0 Å². The molecular weight excluding hydrogens is 336 g/mol. The van der Waals surface area contributed by atoms with Gasteiger partial charge in [-0.2, -0.15) is 5.10 Å². The highest BCUT2D eigenvalue weighted by molar-refractivity contribution is 7.99. The highest BCUT2D eigenvalue weighted by Gasteiger charge is 2.08. The maximum Gasteiger partial charge on any atom is 0.221 e. The summed E-state index contributed by atoms with van der Waals surface area (Å²) in [5.41, 5.74) is 2.92. The third-order valence-electron chi connectivity index (χ3n) is 3.56. The second kappa shape index (κ2) is 7.98. The van der Waals surface area contributed by atoms with Gasteiger partial charge in [-0.1, -0.05) is 17.8 Å². The van der Waals surface area contributed by atoms with Gasteiger partial charge in [-0.15, -0.1) is 10.2 Å². The molecule has 3 rings (SSSR count). The first kappa shape index (κ1) is 17.2. The molecule has 2 heterocycles. The quantitative estimate of drug-likeness (QED) is 0.520. The van der Waals surface area contributed by atoms with Crippen molar-refractivity contribution in [2.24, 2.45) is 7.05 Å². The topological polar surface area (TPSA) is 77.6 Å². The number of anilines is 1. The molecule has 0 bridgehead atoms. The Kier molecular flexibility index (Phi) is 5.49. The Morgan fingerprint density at radius 1 is 1.36 bits per heavy atom. The molecule has 0 radical (unpaired) electrons. The van der Waals surface area contributed by atoms with E-state index in [9.17, 15) is 4.79 Å². The van der Waals surface area contributed by atoms with Crippen molar-refractivity contribution in [3.63, 3.8) is 0 Å². The molecular formula is C17H20N6OS. The molecule has 0 unspecified atom stereocenters. The number of benzene rings is 1. The highest BCUT2D eigenvalue weighted by atomic mass is 32.2. The largest absolute Gasteiger partial charge is 0.326 e. The number of hydrogen-bond acceptors (Lipinski definition) is 5. The fraction of sp³-hybridized carbons (Fsp3) is 0.294. The van der Waals surface area contributed by atoms with E-state index in [1.54, 1.807) is 18.1 Å². The lowest BCUT2D eigenvalue weighted by molar-refractivity contribution is -0.114. The lowest BCUT2D eigenvalue weighted by atomic mass is 10.2. The predicted molar refractivity (Wildman–Crippen MR) is 97.9 cm³/mol. The van der Waals surface area contributed by atoms with E-state index >= 15 is 0 Å². The van der Waals surface area contributed by atoms with Gasteiger partial charge in [-0.25, -0.2) is 0 Å². The predicted octanol–water partition coefficient (Wildman–Crippen LogP) is 2.68. The highest BCUT2D eigenvalue weighted by Crippen LogP contribution is 2.22. The van der Waals surface area contributed by atoms with Crippen LogP contribution in [0.4, 0.5) is 5.69 Å². The zero-order chi connectivity index (χ0) is 17.6. The van der Waals surface area contributed by atoms with Crippen LogP contribution in [-0.4, -0.2) is 36.2 Å². The molecule has 1 N–H and O–H groups in total. The van der Waals surface area contributed by atoms with Crippen LogP contribution in [0.2, 0.25) is 0 Å². The van der Waals surface area contributed by atoms with Crippen molar-refractivity contribution in [1.29, 1.82) is 0 Å². The van der Waals surface area contributed by atoms with Crippen LogP contribution in [0.15, 0.2) is 48.1 Å². The van der Waals surface area contributed by atoms with E-state index in [2.05, 4.69) is 20.6 Å². The molecule has 130 valence electrons. The van der Waals surface area contributed by atoms with Crippen LogP contribution >= 0.6 is 11.8 Å². The third-order valence-corrected chi connectivity index (χ3v) is 4.59. The average Bonchev–Trinajstić information content (AvgIpc) is 3.20. The molecule has 0 saturated carbocycles. The van der Waals surface area contributed by atoms with E-state index < -0.39 is 0 Å². The van der Waals surface area contributed by atoms with Crippen LogP contribution in [0.3, 0.4) is 0 Å². The Hall–Kier alpha value is -2.61. The van der Waals surface area contributed by atoms with Crippen LogP contribution in [0, 0.1) is 0 Å². The van der Waals surface area contributed by atoms with E-state index in [0.29, 0.717) is 0 Å². The minimum atomic E-state index is -0.0918. The summed E-state index contributed by atoms with van der Waals surface area (Å²) in [4.78, 5) is 11.2. The molecule has 25 heavy (non-hydrogen) atoms. The fourth-order valence-electron chi connectivity index (χ4n) is 2.48. The van der Waals surface area contributed by atoms with Gasteiger partial charge < -0.3 is 5.32 Å². The smallest absolute Gasteiger partial charge is 0.221 e. The van der Waals surface area contributed by atoms with Gasteiger partial charge in [0.1, 0.15) is 6.33 Å². The van der Waals surface area contributed by atoms with Crippen molar-refractivity contribution in [2.75, 3.05) is 11.1 Å². The number of amides is 1. The Balaban J connectivity index is 1.61. The zero-order valence-electron chi connectivity index (χ0n) is 14.2. The minimum absolute atomic E-state index is 0.0918. The number of nitrogens with zero attached hydrogens (tertiary/aromatic N) is 5. The molecule has 2 aromatic heterocycles. The Morgan fingerprint density at radius 2 is 2.24 bits per heavy atom. The minimum Gasteiger partial charge on any atom is -0.326 e. The van der Waals surface area contributed by atoms with E-state index in [-0.39, 0.29) is 5.91 Å². The van der Waals surface area contributed by atoms with E-state index in [1.165, 1.54) is 12.5 Å². The summed E-state index contributed by atoms with van der Waals surface area (Å²) in [5.74, 6) is 0.852. The van der Waals surface area contributed by atoms with E-state index in [0.717, 1.165) is 35.1 Å². The molecule has 1 amide bonds. The van der Waals surface area contributed by atoms with Gasteiger partial charge in [0, 0.05) is 31.6 Å². The maximum absolute atomic E-state index is 11.2. The molecule has 3 aromatic rings. The number of nitrogens with one attached hydrogen (secondary N) is 1. The second-order valence-corrected chi connectivity index (χ2v) is 6.75. The lowest BCUT2D eigenvalue weighted by Crippen LogP contribution is -2.06. The van der Waals surface area contributed by atoms with Gasteiger partial charge in [-0.05, 0) is 36.6 Å². The van der Waals surface area contributed by atoms with Gasteiger partial charge >= 0.3 is 0 Å². The molecule has 0 aliphatic rings. The second-order valence-electron chi connectivity index (χ2n) is 5.69. The van der Waals surface area contributed by atoms with Crippen molar-refractivity contribution >= 4 is 23.4 Å². The summed E-state index contributed by atoms with van der Waals surface area (Å²) in [6.07, 6.45) is 7.67. The van der Waals surface area contributed by atoms with Crippen molar-refractivity contribution in [3.05, 3.63) is 48.5 Å². The van der Waals surface area contributed by atoms with Crippen LogP contribution < -0.4 is 5.32 Å². The van der Waals surface area contributed by atoms with Crippen LogP contribution in [0.1, 0.15) is 18.9 Å². The van der Waals surface area contributed by atoms with Gasteiger partial charge in [0.2, 0.25) is 5.91 Å². The molecule has 0 fully saturated rings. The summed E-state index contributed by atoms with van der Waals surface area (Å²) in [6.45, 7) is 1.50. The number of carbonyl (C=O) groups excluding carboxylic acids is 1. The number of hydrogen-bond donors (Lipinski definition) is 1. The maximum atomic E-state index is 11.2. The number of aromatic nitrogens is 5. The average molecular weight is 356 g/mol. The van der Waals surface area contributed by atoms with Gasteiger partial charge in [0.25, 0.3) is 0 Å². The van der Waals surface area contributed by atoms with Crippen molar-refractivity contribution in [3.8, 4) is 5.69 Å². The molecule has 0 aliphatic heterocycles. The SMILES string of the molecule is CC(=O)Nc1cccc(-n2cnnc2SCCCc2cnn(C)c2)c1. The molecule has 0 saturated heterocycles. The Bertz CT molecular complexity index is 856. The first-order chi connectivity index (χ1) is 12.1. The van der Waals surface area contributed by atoms with E-state index in [4.69, 9.17) is 0 Å². The Morgan fingerprint density at radius 3 is 3.00 bits per heavy atom. The van der Waals surface area contributed by atoms with Crippen molar-refractivity contribution in [1.82, 2.24) is 24.5 Å². The summed E-state index contributed by atoms with van der Waals surface area (Å²) < 4.78 is 3.75. The molecule has 1 aromatic carbocycles. The van der Waals surface area contributed by atoms with Crippen LogP contribution in [0.5, 0.6) is 0 Å². The molecule has 7 nitrogen and oxygen atoms in total. The van der Waals surface area contributed by atoms with Gasteiger partial charge in [0.15, 0.2) is 5.16 Å². The summed E-state index contributed by atoms with van der Waals surface area (Å²) in [7, 11) is 1.93. The number of thioether (sulfide) groups is 1. The monoisotopic (exact) mass is 356 g/mol. The summed E-state index contributed by atoms with van der Waals surface area (Å²) >= 11 is 1.67. The summed E-state index contributed by atoms with van der Waals surface area (Å²) in [6, 6.07) is 7.63. The standard InChI is InChI=1S/C17H20N6OS/c1-13(24)20-15-6-3-7-16(9-15)23-12-18-21-17(23)25-8-4-5-14-10-19-22(2)11-14/h3,6-7,9-12H,4-5,8H2,1-2H3,(H,20,24). The number of aryl methyl sites for hydroxylation is 2. The van der Waals surface area contributed by atoms with Gasteiger partial charge in [0.05, 0.1) is 11.9 Å². The zero-order valence-corrected chi connectivity index (χ0v) is 15.0. The summed E-state index contributed by atoms with van der Waals surface area (Å²) in [5, 5.41) is 16.0. The normalized spacial score (nSPS) is 10.8. The number of rotatable bonds is 7. The third kappa shape index (κ3) is 4.69. The van der Waals surface area contributed by atoms with E-state index in [1.807, 2.05) is 53.0 Å². The first-order valence-corrected chi connectivity index (χ1v) is 8.99. The first-order valence-electron chi connectivity index (χ1n) is 8.00. The fourth-order valence-corrected chi connectivity index (χ4v) is 3.35. The molecule has 0 atom stereocenters. The van der Waals surface area contributed by atoms with Crippen LogP contribution in [0.25, 0.3) is 5.69 Å². The van der Waals surface area contributed by atoms with Crippen molar-refractivity contribution < 1.29 is 4.79 Å². The number of carbonyl (C=O) groups is 1. The molecule has 8 heteroatoms. The van der Waals surface area contributed by atoms with Crippen molar-refractivity contribution in [2.45, 2.75) is 24.9 Å². The molecule has 0 aliphatic carbocycles. The van der Waals surface area contributed by atoms with Crippen LogP contribution in [-0.2, 0) is 18.3 Å².